The minimum atomic E-state index is -1.68. The molecule has 0 saturated carbocycles. The van der Waals surface area contributed by atoms with Crippen LogP contribution in [0.1, 0.15) is 0 Å². The molecule has 0 aliphatic rings. The Morgan fingerprint density at radius 1 is 1.33 bits per heavy atom. The van der Waals surface area contributed by atoms with Crippen LogP contribution >= 0.6 is 34.3 Å². The third-order valence-electron chi connectivity index (χ3n) is 1.91. The molecule has 0 aromatic rings. The van der Waals surface area contributed by atoms with Gasteiger partial charge in [-0.3, -0.25) is 0 Å². The van der Waals surface area contributed by atoms with Gasteiger partial charge in [0, 0.05) is 24.0 Å². The first kappa shape index (κ1) is 13.0. The third kappa shape index (κ3) is 4.33. The summed E-state index contributed by atoms with van der Waals surface area (Å²) in [5.74, 6) is 1.22. The van der Waals surface area contributed by atoms with Gasteiger partial charge < -0.3 is 4.90 Å². The molecule has 0 aromatic carbocycles. The first-order valence-electron chi connectivity index (χ1n) is 3.94. The molecule has 1 nitrogen and oxygen atoms in total. The number of halogens is 3. The zero-order valence-electron chi connectivity index (χ0n) is 7.78. The van der Waals surface area contributed by atoms with Crippen LogP contribution in [0.4, 0.5) is 0 Å². The lowest BCUT2D eigenvalue weighted by Crippen LogP contribution is -2.49. The van der Waals surface area contributed by atoms with E-state index in [-0.39, 0.29) is 0 Å². The Kier molecular flexibility index (Phi) is 6.21. The molecule has 0 heterocycles. The number of nitrogens with zero attached hydrogens (tertiary/aromatic N) is 1. The summed E-state index contributed by atoms with van der Waals surface area (Å²) < 4.78 is 0. The van der Waals surface area contributed by atoms with Crippen molar-refractivity contribution in [3.8, 4) is 0 Å². The second-order valence-electron chi connectivity index (χ2n) is 3.40. The lowest BCUT2D eigenvalue weighted by Gasteiger charge is -2.32. The Morgan fingerprint density at radius 3 is 2.08 bits per heavy atom. The van der Waals surface area contributed by atoms with Gasteiger partial charge in [-0.2, -0.15) is 11.1 Å². The molecule has 0 saturated heterocycles. The van der Waals surface area contributed by atoms with Gasteiger partial charge in [0.1, 0.15) is 0 Å². The molecule has 0 radical (unpaired) electrons. The van der Waals surface area contributed by atoms with Crippen molar-refractivity contribution in [2.24, 2.45) is 0 Å². The van der Waals surface area contributed by atoms with E-state index in [1.54, 1.807) is 0 Å². The van der Waals surface area contributed by atoms with E-state index in [4.69, 9.17) is 34.3 Å². The molecule has 1 atom stereocenters. The highest BCUT2D eigenvalue weighted by atomic mass is 35.6. The van der Waals surface area contributed by atoms with Crippen molar-refractivity contribution in [2.45, 2.75) is 18.8 Å². The van der Waals surface area contributed by atoms with Gasteiger partial charge in [-0.15, -0.1) is 23.2 Å². The minimum absolute atomic E-state index is 0.305. The minimum Gasteiger partial charge on any atom is -0.302 e. The Bertz CT molecular complexity index is 126. The van der Waals surface area contributed by atoms with Crippen molar-refractivity contribution < 1.29 is 0 Å². The number of hydrogen-bond donors (Lipinski definition) is 0. The van der Waals surface area contributed by atoms with Gasteiger partial charge >= 0.3 is 0 Å². The predicted molar refractivity (Wildman–Crippen MR) is 61.2 cm³/mol. The van der Waals surface area contributed by atoms with Crippen LogP contribution in [0.15, 0.2) is 0 Å². The van der Waals surface area contributed by atoms with Crippen LogP contribution in [0.5, 0.6) is 0 Å². The molecule has 0 aliphatic heterocycles. The Morgan fingerprint density at radius 2 is 1.83 bits per heavy atom. The fourth-order valence-corrected chi connectivity index (χ4v) is 5.29. The summed E-state index contributed by atoms with van der Waals surface area (Å²) in [6, 6.07) is 0. The van der Waals surface area contributed by atoms with Gasteiger partial charge in [-0.25, -0.2) is 0 Å². The van der Waals surface area contributed by atoms with Gasteiger partial charge in [0.2, 0.25) is 0 Å². The molecule has 0 aromatic heterocycles. The number of hydrogen-bond acceptors (Lipinski definition) is 1. The smallest absolute Gasteiger partial charge is 0.168 e. The van der Waals surface area contributed by atoms with Crippen LogP contribution in [0.2, 0.25) is 13.1 Å². The molecule has 5 heteroatoms. The SMILES string of the molecule is CN(CCCl)C(CCl)[Si](C)(C)Cl. The average Bonchev–Trinajstić information content (AvgIpc) is 1.85. The fraction of sp³-hybridized carbons (Fsp3) is 1.00. The summed E-state index contributed by atoms with van der Waals surface area (Å²) in [6.07, 6.45) is 0. The standard InChI is InChI=1S/C7H16Cl3NSi/c1-11(5-4-8)7(6-9)12(2,3)10/h7H,4-6H2,1-3H3. The maximum absolute atomic E-state index is 6.30. The van der Waals surface area contributed by atoms with E-state index >= 15 is 0 Å². The molecule has 0 N–H and O–H groups in total. The molecular weight excluding hydrogens is 233 g/mol. The molecule has 0 spiro atoms. The molecule has 74 valence electrons. The van der Waals surface area contributed by atoms with Gasteiger partial charge in [0.15, 0.2) is 7.38 Å². The quantitative estimate of drug-likeness (QED) is 0.411. The third-order valence-corrected chi connectivity index (χ3v) is 5.61. The molecule has 0 rings (SSSR count). The molecule has 0 amide bonds. The second-order valence-corrected chi connectivity index (χ2v) is 10.8. The summed E-state index contributed by atoms with van der Waals surface area (Å²) in [5, 5.41) is 0. The van der Waals surface area contributed by atoms with Crippen LogP contribution in [0.25, 0.3) is 0 Å². The predicted octanol–water partition coefficient (Wildman–Crippen LogP) is 2.75. The first-order chi connectivity index (χ1) is 5.43. The first-order valence-corrected chi connectivity index (χ1v) is 9.10. The molecule has 0 fully saturated rings. The van der Waals surface area contributed by atoms with Gasteiger partial charge in [0.05, 0.1) is 0 Å². The maximum atomic E-state index is 6.30. The highest BCUT2D eigenvalue weighted by Crippen LogP contribution is 2.19. The van der Waals surface area contributed by atoms with E-state index < -0.39 is 7.38 Å². The summed E-state index contributed by atoms with van der Waals surface area (Å²) in [4.78, 5) is 2.15. The second kappa shape index (κ2) is 5.71. The van der Waals surface area contributed by atoms with Crippen molar-refractivity contribution >= 4 is 41.7 Å². The van der Waals surface area contributed by atoms with Gasteiger partial charge in [-0.05, 0) is 7.05 Å². The molecule has 0 aliphatic carbocycles. The van der Waals surface area contributed by atoms with Crippen molar-refractivity contribution in [3.63, 3.8) is 0 Å². The van der Waals surface area contributed by atoms with Crippen LogP contribution in [-0.4, -0.2) is 43.3 Å². The topological polar surface area (TPSA) is 3.24 Å². The Hall–Kier alpha value is 1.05. The zero-order valence-corrected chi connectivity index (χ0v) is 11.0. The average molecular weight is 249 g/mol. The number of alkyl halides is 2. The van der Waals surface area contributed by atoms with Crippen molar-refractivity contribution in [1.82, 2.24) is 4.90 Å². The molecule has 1 unspecified atom stereocenters. The fourth-order valence-electron chi connectivity index (χ4n) is 1.11. The van der Waals surface area contributed by atoms with E-state index in [0.29, 0.717) is 17.4 Å². The van der Waals surface area contributed by atoms with Crippen molar-refractivity contribution in [1.29, 1.82) is 0 Å². The highest BCUT2D eigenvalue weighted by molar-refractivity contribution is 7.20. The van der Waals surface area contributed by atoms with E-state index in [9.17, 15) is 0 Å². The Balaban J connectivity index is 4.14. The zero-order chi connectivity index (χ0) is 9.78. The number of rotatable bonds is 5. The van der Waals surface area contributed by atoms with Gasteiger partial charge in [0.25, 0.3) is 0 Å². The highest BCUT2D eigenvalue weighted by Gasteiger charge is 2.32. The van der Waals surface area contributed by atoms with E-state index in [1.165, 1.54) is 0 Å². The molecule has 12 heavy (non-hydrogen) atoms. The summed E-state index contributed by atoms with van der Waals surface area (Å²) in [6.45, 7) is 5.06. The lowest BCUT2D eigenvalue weighted by atomic mass is 10.6. The van der Waals surface area contributed by atoms with Crippen LogP contribution < -0.4 is 0 Å². The van der Waals surface area contributed by atoms with Crippen LogP contribution in [0, 0.1) is 0 Å². The lowest BCUT2D eigenvalue weighted by molar-refractivity contribution is 0.337. The monoisotopic (exact) mass is 247 g/mol. The van der Waals surface area contributed by atoms with E-state index in [2.05, 4.69) is 18.0 Å². The van der Waals surface area contributed by atoms with Gasteiger partial charge in [-0.1, -0.05) is 13.1 Å². The van der Waals surface area contributed by atoms with E-state index in [0.717, 1.165) is 6.54 Å². The summed E-state index contributed by atoms with van der Waals surface area (Å²) in [5.41, 5.74) is 0.305. The van der Waals surface area contributed by atoms with E-state index in [1.807, 2.05) is 7.05 Å². The molecular formula is C7H16Cl3NSi. The van der Waals surface area contributed by atoms with Crippen LogP contribution in [0.3, 0.4) is 0 Å². The molecule has 0 bridgehead atoms. The normalized spacial score (nSPS) is 15.2. The van der Waals surface area contributed by atoms with Crippen LogP contribution in [-0.2, 0) is 0 Å². The maximum Gasteiger partial charge on any atom is 0.168 e. The Labute approximate surface area is 90.7 Å². The largest absolute Gasteiger partial charge is 0.302 e. The van der Waals surface area contributed by atoms with Crippen molar-refractivity contribution in [3.05, 3.63) is 0 Å². The summed E-state index contributed by atoms with van der Waals surface area (Å²) >= 11 is 17.8. The van der Waals surface area contributed by atoms with Crippen molar-refractivity contribution in [2.75, 3.05) is 25.4 Å². The summed E-state index contributed by atoms with van der Waals surface area (Å²) in [7, 11) is 0.341.